The quantitative estimate of drug-likeness (QED) is 0.876. The van der Waals surface area contributed by atoms with Crippen molar-refractivity contribution in [3.05, 3.63) is 24.3 Å². The lowest BCUT2D eigenvalue weighted by molar-refractivity contribution is 0.584. The zero-order valence-corrected chi connectivity index (χ0v) is 12.9. The molecule has 0 saturated carbocycles. The van der Waals surface area contributed by atoms with Crippen LogP contribution in [0.15, 0.2) is 29.2 Å². The Labute approximate surface area is 119 Å². The van der Waals surface area contributed by atoms with Crippen molar-refractivity contribution in [2.75, 3.05) is 17.6 Å². The van der Waals surface area contributed by atoms with Crippen LogP contribution in [0.5, 0.6) is 0 Å². The zero-order valence-electron chi connectivity index (χ0n) is 11.2. The SMILES string of the molecule is CCNS(=O)(=O)c1ccccc1NC1CCSC1C. The summed E-state index contributed by atoms with van der Waals surface area (Å²) < 4.78 is 26.8. The van der Waals surface area contributed by atoms with Crippen LogP contribution >= 0.6 is 11.8 Å². The van der Waals surface area contributed by atoms with Gasteiger partial charge in [0.05, 0.1) is 5.69 Å². The Morgan fingerprint density at radius 3 is 2.74 bits per heavy atom. The highest BCUT2D eigenvalue weighted by Gasteiger charge is 2.26. The zero-order chi connectivity index (χ0) is 13.9. The Bertz CT molecular complexity index is 531. The van der Waals surface area contributed by atoms with Gasteiger partial charge in [0.1, 0.15) is 4.90 Å². The molecule has 0 aromatic heterocycles. The van der Waals surface area contributed by atoms with Crippen molar-refractivity contribution in [1.82, 2.24) is 4.72 Å². The average molecular weight is 300 g/mol. The van der Waals surface area contributed by atoms with E-state index in [-0.39, 0.29) is 0 Å². The fraction of sp³-hybridized carbons (Fsp3) is 0.538. The molecule has 1 aromatic rings. The molecule has 0 bridgehead atoms. The van der Waals surface area contributed by atoms with Crippen molar-refractivity contribution in [3.8, 4) is 0 Å². The Balaban J connectivity index is 2.26. The van der Waals surface area contributed by atoms with Crippen LogP contribution < -0.4 is 10.0 Å². The lowest BCUT2D eigenvalue weighted by atomic mass is 10.1. The van der Waals surface area contributed by atoms with E-state index in [2.05, 4.69) is 17.0 Å². The van der Waals surface area contributed by atoms with Gasteiger partial charge in [0, 0.05) is 17.8 Å². The maximum Gasteiger partial charge on any atom is 0.242 e. The first-order valence-electron chi connectivity index (χ1n) is 6.51. The van der Waals surface area contributed by atoms with Crippen LogP contribution in [0.2, 0.25) is 0 Å². The smallest absolute Gasteiger partial charge is 0.242 e. The number of rotatable bonds is 5. The molecule has 1 fully saturated rings. The Hall–Kier alpha value is -0.720. The lowest BCUT2D eigenvalue weighted by Gasteiger charge is -2.20. The molecule has 1 aromatic carbocycles. The summed E-state index contributed by atoms with van der Waals surface area (Å²) in [6.45, 7) is 4.35. The van der Waals surface area contributed by atoms with Crippen molar-refractivity contribution in [3.63, 3.8) is 0 Å². The molecule has 6 heteroatoms. The fourth-order valence-corrected chi connectivity index (χ4v) is 4.62. The number of para-hydroxylation sites is 1. The van der Waals surface area contributed by atoms with Gasteiger partial charge in [0.25, 0.3) is 0 Å². The van der Waals surface area contributed by atoms with Gasteiger partial charge in [-0.15, -0.1) is 0 Å². The molecule has 2 unspecified atom stereocenters. The summed E-state index contributed by atoms with van der Waals surface area (Å²) >= 11 is 1.92. The topological polar surface area (TPSA) is 58.2 Å². The van der Waals surface area contributed by atoms with Crippen LogP contribution in [0.25, 0.3) is 0 Å². The number of anilines is 1. The molecule has 4 nitrogen and oxygen atoms in total. The van der Waals surface area contributed by atoms with Crippen molar-refractivity contribution in [2.24, 2.45) is 0 Å². The third-order valence-electron chi connectivity index (χ3n) is 3.23. The molecule has 2 N–H and O–H groups in total. The van der Waals surface area contributed by atoms with Crippen LogP contribution in [0.4, 0.5) is 5.69 Å². The summed E-state index contributed by atoms with van der Waals surface area (Å²) in [4.78, 5) is 0.334. The number of sulfonamides is 1. The molecule has 0 amide bonds. The third kappa shape index (κ3) is 3.43. The maximum absolute atomic E-state index is 12.2. The second-order valence-corrected chi connectivity index (χ2v) is 7.83. The third-order valence-corrected chi connectivity index (χ3v) is 6.16. The van der Waals surface area contributed by atoms with Gasteiger partial charge in [-0.1, -0.05) is 26.0 Å². The van der Waals surface area contributed by atoms with Crippen molar-refractivity contribution < 1.29 is 8.42 Å². The molecule has 0 spiro atoms. The van der Waals surface area contributed by atoms with E-state index >= 15 is 0 Å². The van der Waals surface area contributed by atoms with Crippen LogP contribution in [0, 0.1) is 0 Å². The van der Waals surface area contributed by atoms with Crippen LogP contribution in [-0.2, 0) is 10.0 Å². The molecule has 2 rings (SSSR count). The van der Waals surface area contributed by atoms with Crippen LogP contribution in [-0.4, -0.2) is 32.0 Å². The van der Waals surface area contributed by atoms with E-state index < -0.39 is 10.0 Å². The summed E-state index contributed by atoms with van der Waals surface area (Å²) in [6, 6.07) is 7.43. The van der Waals surface area contributed by atoms with E-state index in [0.29, 0.717) is 28.4 Å². The predicted octanol–water partition coefficient (Wildman–Crippen LogP) is 2.29. The van der Waals surface area contributed by atoms with Gasteiger partial charge < -0.3 is 5.32 Å². The van der Waals surface area contributed by atoms with Crippen molar-refractivity contribution in [2.45, 2.75) is 36.5 Å². The van der Waals surface area contributed by atoms with E-state index in [1.54, 1.807) is 19.1 Å². The first-order valence-corrected chi connectivity index (χ1v) is 9.04. The minimum absolute atomic E-state index is 0.334. The number of benzene rings is 1. The number of hydrogen-bond acceptors (Lipinski definition) is 4. The van der Waals surface area contributed by atoms with Gasteiger partial charge in [-0.2, -0.15) is 11.8 Å². The molecule has 2 atom stereocenters. The molecular formula is C13H20N2O2S2. The standard InChI is InChI=1S/C13H20N2O2S2/c1-3-14-19(16,17)13-7-5-4-6-12(13)15-11-8-9-18-10(11)2/h4-7,10-11,14-15H,3,8-9H2,1-2H3. The highest BCUT2D eigenvalue weighted by molar-refractivity contribution is 8.00. The summed E-state index contributed by atoms with van der Waals surface area (Å²) in [5, 5.41) is 3.89. The molecule has 0 aliphatic carbocycles. The second kappa shape index (κ2) is 6.15. The van der Waals surface area contributed by atoms with Gasteiger partial charge >= 0.3 is 0 Å². The van der Waals surface area contributed by atoms with E-state index in [4.69, 9.17) is 0 Å². The number of nitrogens with one attached hydrogen (secondary N) is 2. The molecular weight excluding hydrogens is 280 g/mol. The molecule has 1 aliphatic heterocycles. The van der Waals surface area contributed by atoms with Gasteiger partial charge in [0.2, 0.25) is 10.0 Å². The Morgan fingerprint density at radius 2 is 2.11 bits per heavy atom. The normalized spacial score (nSPS) is 23.5. The van der Waals surface area contributed by atoms with Gasteiger partial charge in [-0.05, 0) is 24.3 Å². The van der Waals surface area contributed by atoms with Gasteiger partial charge in [-0.25, -0.2) is 13.1 Å². The van der Waals surface area contributed by atoms with Gasteiger partial charge in [-0.3, -0.25) is 0 Å². The molecule has 1 saturated heterocycles. The monoisotopic (exact) mass is 300 g/mol. The van der Waals surface area contributed by atoms with Gasteiger partial charge in [0.15, 0.2) is 0 Å². The van der Waals surface area contributed by atoms with E-state index in [1.165, 1.54) is 0 Å². The minimum atomic E-state index is -3.42. The largest absolute Gasteiger partial charge is 0.380 e. The number of thioether (sulfide) groups is 1. The first kappa shape index (κ1) is 14.7. The van der Waals surface area contributed by atoms with Crippen LogP contribution in [0.1, 0.15) is 20.3 Å². The average Bonchev–Trinajstić information content (AvgIpc) is 2.75. The minimum Gasteiger partial charge on any atom is -0.380 e. The molecule has 1 aliphatic rings. The second-order valence-electron chi connectivity index (χ2n) is 4.61. The van der Waals surface area contributed by atoms with E-state index in [0.717, 1.165) is 12.2 Å². The van der Waals surface area contributed by atoms with E-state index in [1.807, 2.05) is 23.9 Å². The van der Waals surface area contributed by atoms with E-state index in [9.17, 15) is 8.42 Å². The molecule has 0 radical (unpaired) electrons. The summed E-state index contributed by atoms with van der Waals surface area (Å²) in [7, 11) is -3.42. The predicted molar refractivity (Wildman–Crippen MR) is 81.3 cm³/mol. The van der Waals surface area contributed by atoms with Crippen molar-refractivity contribution in [1.29, 1.82) is 0 Å². The Kier molecular flexibility index (Phi) is 4.76. The summed E-state index contributed by atoms with van der Waals surface area (Å²) in [5.41, 5.74) is 0.697. The number of hydrogen-bond donors (Lipinski definition) is 2. The summed E-state index contributed by atoms with van der Waals surface area (Å²) in [5.74, 6) is 1.13. The maximum atomic E-state index is 12.2. The molecule has 106 valence electrons. The highest BCUT2D eigenvalue weighted by atomic mass is 32.2. The molecule has 19 heavy (non-hydrogen) atoms. The molecule has 1 heterocycles. The lowest BCUT2D eigenvalue weighted by Crippen LogP contribution is -2.28. The van der Waals surface area contributed by atoms with Crippen molar-refractivity contribution >= 4 is 27.5 Å². The summed E-state index contributed by atoms with van der Waals surface area (Å²) in [6.07, 6.45) is 1.07. The highest BCUT2D eigenvalue weighted by Crippen LogP contribution is 2.30. The van der Waals surface area contributed by atoms with Crippen LogP contribution in [0.3, 0.4) is 0 Å². The fourth-order valence-electron chi connectivity index (χ4n) is 2.21. The Morgan fingerprint density at radius 1 is 1.37 bits per heavy atom. The first-order chi connectivity index (χ1) is 9.04.